The van der Waals surface area contributed by atoms with Crippen molar-refractivity contribution >= 4 is 18.3 Å². The monoisotopic (exact) mass is 309 g/mol. The standard InChI is InChI=1S/C14H23N5O3/c1-18-12-11(13(21)17-14(18)22)19(8-16-12)7-3-4-9-10(20)5-2-6-15-9/h8-12,15,20H,2-7H2,1H3,(H,17,21,22)/t9-,10+,11?,12?/m1/s1. The summed E-state index contributed by atoms with van der Waals surface area (Å²) >= 11 is 0. The van der Waals surface area contributed by atoms with Crippen LogP contribution in [0.2, 0.25) is 0 Å². The molecule has 3 amide bonds. The van der Waals surface area contributed by atoms with Crippen molar-refractivity contribution in [1.29, 1.82) is 0 Å². The third kappa shape index (κ3) is 2.80. The van der Waals surface area contributed by atoms with Crippen molar-refractivity contribution in [3.05, 3.63) is 0 Å². The van der Waals surface area contributed by atoms with E-state index in [-0.39, 0.29) is 18.1 Å². The van der Waals surface area contributed by atoms with Crippen LogP contribution in [0.4, 0.5) is 4.79 Å². The zero-order valence-corrected chi connectivity index (χ0v) is 12.7. The van der Waals surface area contributed by atoms with E-state index in [0.29, 0.717) is 6.54 Å². The van der Waals surface area contributed by atoms with Crippen LogP contribution in [0.15, 0.2) is 4.99 Å². The minimum absolute atomic E-state index is 0.133. The number of aliphatic hydroxyl groups excluding tert-OH is 1. The second-order valence-corrected chi connectivity index (χ2v) is 6.18. The van der Waals surface area contributed by atoms with Gasteiger partial charge in [-0.05, 0) is 32.2 Å². The fourth-order valence-corrected chi connectivity index (χ4v) is 3.38. The van der Waals surface area contributed by atoms with Gasteiger partial charge in [0.15, 0.2) is 12.2 Å². The number of imide groups is 1. The number of rotatable bonds is 4. The molecule has 3 rings (SSSR count). The Kier molecular flexibility index (Phi) is 4.30. The Hall–Kier alpha value is -1.67. The highest BCUT2D eigenvalue weighted by molar-refractivity contribution is 6.01. The summed E-state index contributed by atoms with van der Waals surface area (Å²) in [5.41, 5.74) is 0. The summed E-state index contributed by atoms with van der Waals surface area (Å²) in [5.74, 6) is -0.290. The van der Waals surface area contributed by atoms with E-state index >= 15 is 0 Å². The van der Waals surface area contributed by atoms with Gasteiger partial charge in [0.1, 0.15) is 0 Å². The minimum atomic E-state index is -0.438. The van der Waals surface area contributed by atoms with Gasteiger partial charge in [-0.25, -0.2) is 9.79 Å². The fourth-order valence-electron chi connectivity index (χ4n) is 3.38. The van der Waals surface area contributed by atoms with Crippen LogP contribution in [0, 0.1) is 0 Å². The lowest BCUT2D eigenvalue weighted by atomic mass is 9.97. The van der Waals surface area contributed by atoms with Gasteiger partial charge in [-0.15, -0.1) is 0 Å². The molecule has 2 saturated heterocycles. The van der Waals surface area contributed by atoms with E-state index in [1.807, 2.05) is 4.90 Å². The van der Waals surface area contributed by atoms with Gasteiger partial charge >= 0.3 is 6.03 Å². The van der Waals surface area contributed by atoms with E-state index in [0.717, 1.165) is 32.2 Å². The maximum Gasteiger partial charge on any atom is 0.325 e. The highest BCUT2D eigenvalue weighted by Crippen LogP contribution is 2.21. The third-order valence-corrected chi connectivity index (χ3v) is 4.70. The van der Waals surface area contributed by atoms with Crippen molar-refractivity contribution in [2.45, 2.75) is 50.0 Å². The summed E-state index contributed by atoms with van der Waals surface area (Å²) in [4.78, 5) is 31.2. The smallest absolute Gasteiger partial charge is 0.325 e. The number of piperidine rings is 1. The molecule has 0 saturated carbocycles. The van der Waals surface area contributed by atoms with Crippen molar-refractivity contribution in [2.24, 2.45) is 4.99 Å². The second kappa shape index (κ2) is 6.21. The molecule has 2 fully saturated rings. The van der Waals surface area contributed by atoms with Crippen LogP contribution in [0.25, 0.3) is 0 Å². The summed E-state index contributed by atoms with van der Waals surface area (Å²) in [7, 11) is 1.64. The van der Waals surface area contributed by atoms with Crippen molar-refractivity contribution in [2.75, 3.05) is 20.1 Å². The van der Waals surface area contributed by atoms with Crippen molar-refractivity contribution in [3.8, 4) is 0 Å². The van der Waals surface area contributed by atoms with Crippen LogP contribution in [-0.2, 0) is 4.79 Å². The Morgan fingerprint density at radius 1 is 1.45 bits per heavy atom. The molecule has 3 aliphatic rings. The molecule has 8 heteroatoms. The molecule has 2 unspecified atom stereocenters. The first-order chi connectivity index (χ1) is 10.6. The quantitative estimate of drug-likeness (QED) is 0.625. The van der Waals surface area contributed by atoms with Crippen LogP contribution in [-0.4, -0.2) is 77.7 Å². The fraction of sp³-hybridized carbons (Fsp3) is 0.786. The van der Waals surface area contributed by atoms with Gasteiger partial charge in [0.2, 0.25) is 0 Å². The molecular weight excluding hydrogens is 286 g/mol. The lowest BCUT2D eigenvalue weighted by Crippen LogP contribution is -2.63. The Bertz CT molecular complexity index is 483. The zero-order valence-electron chi connectivity index (χ0n) is 12.7. The first kappa shape index (κ1) is 15.2. The summed E-state index contributed by atoms with van der Waals surface area (Å²) in [6, 6.07) is -0.708. The van der Waals surface area contributed by atoms with Crippen LogP contribution in [0.3, 0.4) is 0 Å². The van der Waals surface area contributed by atoms with E-state index in [1.165, 1.54) is 4.90 Å². The van der Waals surface area contributed by atoms with Gasteiger partial charge in [0, 0.05) is 19.6 Å². The van der Waals surface area contributed by atoms with Crippen molar-refractivity contribution in [1.82, 2.24) is 20.4 Å². The van der Waals surface area contributed by atoms with Gasteiger partial charge in [-0.2, -0.15) is 0 Å². The van der Waals surface area contributed by atoms with E-state index in [9.17, 15) is 14.7 Å². The molecule has 4 atom stereocenters. The topological polar surface area (TPSA) is 97.3 Å². The lowest BCUT2D eigenvalue weighted by molar-refractivity contribution is -0.127. The van der Waals surface area contributed by atoms with E-state index in [2.05, 4.69) is 15.6 Å². The SMILES string of the molecule is CN1C(=O)NC(=O)C2C1N=CN2CCC[C@H]1NCCC[C@@H]1O. The Morgan fingerprint density at radius 3 is 3.05 bits per heavy atom. The van der Waals surface area contributed by atoms with E-state index in [1.54, 1.807) is 13.4 Å². The molecule has 3 N–H and O–H groups in total. The summed E-state index contributed by atoms with van der Waals surface area (Å²) in [5, 5.41) is 15.6. The number of carbonyl (C=O) groups is 2. The van der Waals surface area contributed by atoms with Crippen LogP contribution < -0.4 is 10.6 Å². The third-order valence-electron chi connectivity index (χ3n) is 4.70. The maximum absolute atomic E-state index is 12.0. The highest BCUT2D eigenvalue weighted by Gasteiger charge is 2.45. The number of hydrogen-bond acceptors (Lipinski definition) is 6. The Balaban J connectivity index is 1.52. The predicted molar refractivity (Wildman–Crippen MR) is 80.3 cm³/mol. The molecule has 0 radical (unpaired) electrons. The molecule has 0 spiro atoms. The Labute approximate surface area is 129 Å². The van der Waals surface area contributed by atoms with Gasteiger partial charge in [0.25, 0.3) is 5.91 Å². The first-order valence-electron chi connectivity index (χ1n) is 7.86. The van der Waals surface area contributed by atoms with Crippen LogP contribution in [0.5, 0.6) is 0 Å². The first-order valence-corrected chi connectivity index (χ1v) is 7.86. The number of aliphatic imine (C=N–C) groups is 1. The molecule has 0 aromatic rings. The average molecular weight is 309 g/mol. The van der Waals surface area contributed by atoms with Gasteiger partial charge in [-0.3, -0.25) is 10.1 Å². The molecule has 0 aliphatic carbocycles. The molecule has 122 valence electrons. The predicted octanol–water partition coefficient (Wildman–Crippen LogP) is -0.900. The normalized spacial score (nSPS) is 34.8. The molecule has 0 bridgehead atoms. The molecule has 0 aromatic heterocycles. The highest BCUT2D eigenvalue weighted by atomic mass is 16.3. The average Bonchev–Trinajstić information content (AvgIpc) is 2.91. The maximum atomic E-state index is 12.0. The number of carbonyl (C=O) groups excluding carboxylic acids is 2. The van der Waals surface area contributed by atoms with Gasteiger partial charge < -0.3 is 20.2 Å². The number of fused-ring (bicyclic) bond motifs is 1. The largest absolute Gasteiger partial charge is 0.392 e. The molecule has 0 aromatic carbocycles. The summed E-state index contributed by atoms with van der Waals surface area (Å²) < 4.78 is 0. The lowest BCUT2D eigenvalue weighted by Gasteiger charge is -2.36. The van der Waals surface area contributed by atoms with E-state index < -0.39 is 18.2 Å². The number of aliphatic hydroxyl groups is 1. The van der Waals surface area contributed by atoms with Crippen LogP contribution >= 0.6 is 0 Å². The number of amides is 3. The molecule has 8 nitrogen and oxygen atoms in total. The van der Waals surface area contributed by atoms with Gasteiger partial charge in [-0.1, -0.05) is 0 Å². The molecule has 22 heavy (non-hydrogen) atoms. The van der Waals surface area contributed by atoms with Crippen LogP contribution in [0.1, 0.15) is 25.7 Å². The number of hydrogen-bond donors (Lipinski definition) is 3. The van der Waals surface area contributed by atoms with Gasteiger partial charge in [0.05, 0.1) is 12.4 Å². The zero-order chi connectivity index (χ0) is 15.7. The summed E-state index contributed by atoms with van der Waals surface area (Å²) in [6.07, 6.45) is 4.53. The van der Waals surface area contributed by atoms with Crippen molar-refractivity contribution < 1.29 is 14.7 Å². The minimum Gasteiger partial charge on any atom is -0.392 e. The number of likely N-dealkylation sites (N-methyl/N-ethyl adjacent to an activating group) is 1. The number of nitrogens with zero attached hydrogens (tertiary/aromatic N) is 3. The summed E-state index contributed by atoms with van der Waals surface area (Å²) in [6.45, 7) is 1.64. The second-order valence-electron chi connectivity index (χ2n) is 6.18. The molecule has 3 aliphatic heterocycles. The molecular formula is C14H23N5O3. The molecule has 3 heterocycles. The van der Waals surface area contributed by atoms with E-state index in [4.69, 9.17) is 0 Å². The van der Waals surface area contributed by atoms with Crippen molar-refractivity contribution in [3.63, 3.8) is 0 Å². The number of nitrogens with one attached hydrogen (secondary N) is 2. The number of urea groups is 1. The Morgan fingerprint density at radius 2 is 2.27 bits per heavy atom.